The Labute approximate surface area is 129 Å². The number of hydrogen-bond acceptors (Lipinski definition) is 3. The topological polar surface area (TPSA) is 44.5 Å². The van der Waals surface area contributed by atoms with E-state index in [-0.39, 0.29) is 6.29 Å². The highest BCUT2D eigenvalue weighted by Gasteiger charge is 2.10. The van der Waals surface area contributed by atoms with Gasteiger partial charge in [0.1, 0.15) is 5.75 Å². The van der Waals surface area contributed by atoms with Crippen LogP contribution in [0, 0.1) is 5.92 Å². The Hall–Kier alpha value is -1.06. The van der Waals surface area contributed by atoms with Crippen molar-refractivity contribution in [2.45, 2.75) is 65.7 Å². The van der Waals surface area contributed by atoms with E-state index in [9.17, 15) is 0 Å². The Kier molecular flexibility index (Phi) is 9.11. The molecule has 0 fully saturated rings. The summed E-state index contributed by atoms with van der Waals surface area (Å²) in [7, 11) is 0. The van der Waals surface area contributed by atoms with E-state index in [0.717, 1.165) is 36.7 Å². The lowest BCUT2D eigenvalue weighted by Gasteiger charge is -2.20. The van der Waals surface area contributed by atoms with Crippen LogP contribution in [0.15, 0.2) is 24.3 Å². The van der Waals surface area contributed by atoms with Gasteiger partial charge in [0.05, 0.1) is 6.61 Å². The van der Waals surface area contributed by atoms with Gasteiger partial charge >= 0.3 is 0 Å². The first-order valence-corrected chi connectivity index (χ1v) is 8.30. The summed E-state index contributed by atoms with van der Waals surface area (Å²) in [5, 5.41) is 0. The minimum atomic E-state index is -0.159. The SMILES string of the molecule is CCCC(CC)CCOC(CC)Oc1ccc(CN)cc1. The van der Waals surface area contributed by atoms with Crippen molar-refractivity contribution in [1.82, 2.24) is 0 Å². The summed E-state index contributed by atoms with van der Waals surface area (Å²) < 4.78 is 11.8. The summed E-state index contributed by atoms with van der Waals surface area (Å²) in [6.07, 6.45) is 5.58. The molecule has 0 bridgehead atoms. The molecule has 0 amide bonds. The number of benzene rings is 1. The van der Waals surface area contributed by atoms with Crippen LogP contribution in [0.1, 0.15) is 58.4 Å². The maximum atomic E-state index is 5.88. The Morgan fingerprint density at radius 3 is 2.24 bits per heavy atom. The van der Waals surface area contributed by atoms with E-state index in [4.69, 9.17) is 15.2 Å². The first-order chi connectivity index (χ1) is 10.2. The zero-order valence-corrected chi connectivity index (χ0v) is 13.8. The van der Waals surface area contributed by atoms with Gasteiger partial charge in [0, 0.05) is 13.0 Å². The normalized spacial score (nSPS) is 13.9. The molecule has 0 saturated heterocycles. The molecular formula is C18H31NO2. The third-order valence-corrected chi connectivity index (χ3v) is 3.86. The minimum absolute atomic E-state index is 0.159. The van der Waals surface area contributed by atoms with Crippen molar-refractivity contribution in [3.05, 3.63) is 29.8 Å². The molecule has 0 aromatic heterocycles. The molecule has 1 aromatic carbocycles. The predicted molar refractivity (Wildman–Crippen MR) is 88.3 cm³/mol. The molecule has 0 spiro atoms. The number of nitrogens with two attached hydrogens (primary N) is 1. The van der Waals surface area contributed by atoms with Crippen LogP contribution in [0.25, 0.3) is 0 Å². The fourth-order valence-corrected chi connectivity index (χ4v) is 2.42. The lowest BCUT2D eigenvalue weighted by atomic mass is 9.98. The highest BCUT2D eigenvalue weighted by Crippen LogP contribution is 2.18. The summed E-state index contributed by atoms with van der Waals surface area (Å²) in [6.45, 7) is 7.92. The monoisotopic (exact) mass is 293 g/mol. The van der Waals surface area contributed by atoms with E-state index in [1.54, 1.807) is 0 Å². The molecule has 2 unspecified atom stereocenters. The first kappa shape index (κ1) is 18.0. The second-order valence-corrected chi connectivity index (χ2v) is 5.53. The fraction of sp³-hybridized carbons (Fsp3) is 0.667. The maximum absolute atomic E-state index is 5.88. The van der Waals surface area contributed by atoms with Gasteiger partial charge in [-0.05, 0) is 30.0 Å². The van der Waals surface area contributed by atoms with Gasteiger partial charge in [-0.2, -0.15) is 0 Å². The molecule has 0 aliphatic rings. The second-order valence-electron chi connectivity index (χ2n) is 5.53. The van der Waals surface area contributed by atoms with E-state index < -0.39 is 0 Å². The van der Waals surface area contributed by atoms with E-state index >= 15 is 0 Å². The molecule has 1 aromatic rings. The molecule has 120 valence electrons. The van der Waals surface area contributed by atoms with Crippen molar-refractivity contribution in [2.75, 3.05) is 6.61 Å². The summed E-state index contributed by atoms with van der Waals surface area (Å²) in [4.78, 5) is 0. The van der Waals surface area contributed by atoms with Gasteiger partial charge < -0.3 is 15.2 Å². The molecule has 3 nitrogen and oxygen atoms in total. The average molecular weight is 293 g/mol. The second kappa shape index (κ2) is 10.6. The Balaban J connectivity index is 2.36. The minimum Gasteiger partial charge on any atom is -0.465 e. The summed E-state index contributed by atoms with van der Waals surface area (Å²) in [5.41, 5.74) is 6.71. The molecule has 2 atom stereocenters. The molecular weight excluding hydrogens is 262 g/mol. The summed E-state index contributed by atoms with van der Waals surface area (Å²) >= 11 is 0. The molecule has 1 rings (SSSR count). The highest BCUT2D eigenvalue weighted by atomic mass is 16.7. The van der Waals surface area contributed by atoms with Crippen molar-refractivity contribution in [2.24, 2.45) is 11.7 Å². The van der Waals surface area contributed by atoms with Crippen molar-refractivity contribution in [1.29, 1.82) is 0 Å². The number of rotatable bonds is 11. The van der Waals surface area contributed by atoms with Crippen molar-refractivity contribution in [3.63, 3.8) is 0 Å². The van der Waals surface area contributed by atoms with E-state index in [1.807, 2.05) is 24.3 Å². The lowest BCUT2D eigenvalue weighted by Crippen LogP contribution is -2.21. The number of ether oxygens (including phenoxy) is 2. The van der Waals surface area contributed by atoms with Gasteiger partial charge in [-0.25, -0.2) is 0 Å². The lowest BCUT2D eigenvalue weighted by molar-refractivity contribution is -0.0852. The average Bonchev–Trinajstić information content (AvgIpc) is 2.53. The van der Waals surface area contributed by atoms with E-state index in [1.165, 1.54) is 19.3 Å². The molecule has 2 N–H and O–H groups in total. The molecule has 0 heterocycles. The standard InChI is InChI=1S/C18H31NO2/c1-4-7-15(5-2)12-13-20-18(6-3)21-17-10-8-16(14-19)9-11-17/h8-11,15,18H,4-7,12-14,19H2,1-3H3. The van der Waals surface area contributed by atoms with Gasteiger partial charge in [-0.1, -0.05) is 52.2 Å². The largest absolute Gasteiger partial charge is 0.465 e. The third-order valence-electron chi connectivity index (χ3n) is 3.86. The predicted octanol–water partition coefficient (Wildman–Crippen LogP) is 4.49. The van der Waals surface area contributed by atoms with Crippen LogP contribution in [0.4, 0.5) is 0 Å². The van der Waals surface area contributed by atoms with Gasteiger partial charge in [-0.15, -0.1) is 0 Å². The van der Waals surface area contributed by atoms with Crippen LogP contribution >= 0.6 is 0 Å². The fourth-order valence-electron chi connectivity index (χ4n) is 2.42. The molecule has 0 saturated carbocycles. The quantitative estimate of drug-likeness (QED) is 0.611. The molecule has 0 aliphatic heterocycles. The van der Waals surface area contributed by atoms with Crippen LogP contribution in [0.5, 0.6) is 5.75 Å². The van der Waals surface area contributed by atoms with Crippen LogP contribution < -0.4 is 10.5 Å². The zero-order chi connectivity index (χ0) is 15.5. The van der Waals surface area contributed by atoms with Gasteiger partial charge in [0.25, 0.3) is 0 Å². The van der Waals surface area contributed by atoms with Gasteiger partial charge in [-0.3, -0.25) is 0 Å². The van der Waals surface area contributed by atoms with Crippen LogP contribution in [0.2, 0.25) is 0 Å². The molecule has 0 radical (unpaired) electrons. The summed E-state index contributed by atoms with van der Waals surface area (Å²) in [5.74, 6) is 1.62. The van der Waals surface area contributed by atoms with Gasteiger partial charge in [0.15, 0.2) is 6.29 Å². The Bertz CT molecular complexity index is 364. The van der Waals surface area contributed by atoms with E-state index in [0.29, 0.717) is 6.54 Å². The van der Waals surface area contributed by atoms with Crippen LogP contribution in [-0.4, -0.2) is 12.9 Å². The number of hydrogen-bond donors (Lipinski definition) is 1. The maximum Gasteiger partial charge on any atom is 0.199 e. The van der Waals surface area contributed by atoms with Crippen LogP contribution in [-0.2, 0) is 11.3 Å². The van der Waals surface area contributed by atoms with Crippen molar-refractivity contribution < 1.29 is 9.47 Å². The Morgan fingerprint density at radius 1 is 1.00 bits per heavy atom. The Morgan fingerprint density at radius 2 is 1.71 bits per heavy atom. The van der Waals surface area contributed by atoms with E-state index in [2.05, 4.69) is 20.8 Å². The molecule has 21 heavy (non-hydrogen) atoms. The van der Waals surface area contributed by atoms with Crippen LogP contribution in [0.3, 0.4) is 0 Å². The molecule has 0 aliphatic carbocycles. The third kappa shape index (κ3) is 6.96. The zero-order valence-electron chi connectivity index (χ0n) is 13.8. The highest BCUT2D eigenvalue weighted by molar-refractivity contribution is 5.27. The van der Waals surface area contributed by atoms with Crippen molar-refractivity contribution in [3.8, 4) is 5.75 Å². The first-order valence-electron chi connectivity index (χ1n) is 8.30. The summed E-state index contributed by atoms with van der Waals surface area (Å²) in [6, 6.07) is 7.91. The van der Waals surface area contributed by atoms with Gasteiger partial charge in [0.2, 0.25) is 0 Å². The molecule has 3 heteroatoms. The smallest absolute Gasteiger partial charge is 0.199 e. The van der Waals surface area contributed by atoms with Crippen molar-refractivity contribution >= 4 is 0 Å².